The summed E-state index contributed by atoms with van der Waals surface area (Å²) in [6.45, 7) is 1.11. The average molecular weight is 361 g/mol. The monoisotopic (exact) mass is 361 g/mol. The predicted molar refractivity (Wildman–Crippen MR) is 87.9 cm³/mol. The van der Waals surface area contributed by atoms with E-state index < -0.39 is 5.95 Å². The standard InChI is InChI=1S/C17H17F2N5O2/c18-12-6-14(20-8-12)15-10-24(22-26-15)13-2-1-5-23(9-13)17(25)11-3-4-16(19)21-7-11/h3-4,6-8,10,13,20,22H,1-2,5,9H2/t13-/m0/s1. The maximum Gasteiger partial charge on any atom is 0.255 e. The summed E-state index contributed by atoms with van der Waals surface area (Å²) in [6.07, 6.45) is 5.92. The molecule has 1 amide bonds. The molecule has 1 fully saturated rings. The van der Waals surface area contributed by atoms with E-state index >= 15 is 0 Å². The molecule has 2 aromatic heterocycles. The number of rotatable bonds is 3. The quantitative estimate of drug-likeness (QED) is 0.819. The predicted octanol–water partition coefficient (Wildman–Crippen LogP) is 2.04. The molecule has 0 aliphatic carbocycles. The van der Waals surface area contributed by atoms with Gasteiger partial charge < -0.3 is 14.7 Å². The van der Waals surface area contributed by atoms with Crippen molar-refractivity contribution in [3.8, 4) is 0 Å². The van der Waals surface area contributed by atoms with E-state index in [1.54, 1.807) is 16.1 Å². The van der Waals surface area contributed by atoms with E-state index in [1.165, 1.54) is 30.6 Å². The Bertz CT molecular complexity index is 836. The van der Waals surface area contributed by atoms with Crippen LogP contribution in [-0.4, -0.2) is 44.9 Å². The molecule has 0 radical (unpaired) electrons. The Hall–Kier alpha value is -2.94. The molecule has 9 heteroatoms. The van der Waals surface area contributed by atoms with Gasteiger partial charge in [-0.15, -0.1) is 0 Å². The number of nitrogens with one attached hydrogen (secondary N) is 2. The normalized spacial score (nSPS) is 20.1. The van der Waals surface area contributed by atoms with Gasteiger partial charge in [0.15, 0.2) is 5.76 Å². The molecule has 0 aromatic carbocycles. The summed E-state index contributed by atoms with van der Waals surface area (Å²) >= 11 is 0. The molecule has 2 aromatic rings. The number of likely N-dealkylation sites (tertiary alicyclic amines) is 1. The summed E-state index contributed by atoms with van der Waals surface area (Å²) in [5.74, 6) is -0.696. The number of amides is 1. The first kappa shape index (κ1) is 16.5. The van der Waals surface area contributed by atoms with Crippen molar-refractivity contribution in [2.24, 2.45) is 0 Å². The Morgan fingerprint density at radius 3 is 2.96 bits per heavy atom. The van der Waals surface area contributed by atoms with Crippen molar-refractivity contribution in [3.05, 3.63) is 59.8 Å². The number of aromatic amines is 1. The van der Waals surface area contributed by atoms with Crippen LogP contribution in [0, 0.1) is 11.8 Å². The van der Waals surface area contributed by atoms with E-state index in [1.807, 2.05) is 0 Å². The van der Waals surface area contributed by atoms with Crippen molar-refractivity contribution in [2.75, 3.05) is 13.1 Å². The van der Waals surface area contributed by atoms with Crippen LogP contribution in [0.25, 0.3) is 5.76 Å². The molecule has 0 saturated carbocycles. The lowest BCUT2D eigenvalue weighted by atomic mass is 10.0. The van der Waals surface area contributed by atoms with Crippen LogP contribution in [0.2, 0.25) is 0 Å². The van der Waals surface area contributed by atoms with Gasteiger partial charge in [0.25, 0.3) is 5.91 Å². The lowest BCUT2D eigenvalue weighted by Gasteiger charge is -2.36. The lowest BCUT2D eigenvalue weighted by molar-refractivity contribution is -0.00254. The Labute approximate surface area is 148 Å². The first-order valence-corrected chi connectivity index (χ1v) is 8.28. The largest absolute Gasteiger partial charge is 0.385 e. The zero-order valence-corrected chi connectivity index (χ0v) is 13.8. The van der Waals surface area contributed by atoms with Crippen LogP contribution in [0.5, 0.6) is 0 Å². The minimum Gasteiger partial charge on any atom is -0.385 e. The Kier molecular flexibility index (Phi) is 4.29. The van der Waals surface area contributed by atoms with Gasteiger partial charge in [-0.3, -0.25) is 9.80 Å². The fourth-order valence-electron chi connectivity index (χ4n) is 3.15. The molecule has 2 aliphatic rings. The number of piperidine rings is 1. The number of H-pyrrole nitrogens is 1. The first-order chi connectivity index (χ1) is 12.6. The Morgan fingerprint density at radius 2 is 2.23 bits per heavy atom. The molecular weight excluding hydrogens is 344 g/mol. The lowest BCUT2D eigenvalue weighted by Crippen LogP contribution is -2.50. The number of halogens is 2. The summed E-state index contributed by atoms with van der Waals surface area (Å²) < 4.78 is 26.1. The summed E-state index contributed by atoms with van der Waals surface area (Å²) in [6, 6.07) is 3.95. The number of carbonyl (C=O) groups is 1. The van der Waals surface area contributed by atoms with Crippen LogP contribution in [0.3, 0.4) is 0 Å². The molecule has 1 saturated heterocycles. The number of aromatic nitrogens is 2. The van der Waals surface area contributed by atoms with Gasteiger partial charge in [-0.05, 0) is 25.0 Å². The highest BCUT2D eigenvalue weighted by molar-refractivity contribution is 5.94. The SMILES string of the molecule is O=C(c1ccc(F)nc1)N1CCC[C@H](N2C=C(c3cc(F)c[nH]3)ON2)C1. The molecule has 2 aliphatic heterocycles. The van der Waals surface area contributed by atoms with Crippen molar-refractivity contribution in [1.29, 1.82) is 0 Å². The van der Waals surface area contributed by atoms with E-state index in [9.17, 15) is 13.6 Å². The highest BCUT2D eigenvalue weighted by Gasteiger charge is 2.30. The highest BCUT2D eigenvalue weighted by Crippen LogP contribution is 2.24. The molecule has 4 heterocycles. The third-order valence-corrected chi connectivity index (χ3v) is 4.48. The van der Waals surface area contributed by atoms with Crippen LogP contribution in [0.15, 0.2) is 36.8 Å². The topological polar surface area (TPSA) is 73.5 Å². The third kappa shape index (κ3) is 3.25. The van der Waals surface area contributed by atoms with Crippen LogP contribution in [0.4, 0.5) is 8.78 Å². The maximum atomic E-state index is 13.1. The molecule has 136 valence electrons. The van der Waals surface area contributed by atoms with Crippen molar-refractivity contribution in [3.63, 3.8) is 0 Å². The van der Waals surface area contributed by atoms with Crippen LogP contribution in [0.1, 0.15) is 28.9 Å². The van der Waals surface area contributed by atoms with Crippen LogP contribution >= 0.6 is 0 Å². The van der Waals surface area contributed by atoms with Crippen LogP contribution in [-0.2, 0) is 4.84 Å². The van der Waals surface area contributed by atoms with Crippen molar-refractivity contribution >= 4 is 11.7 Å². The molecule has 0 spiro atoms. The molecule has 0 bridgehead atoms. The van der Waals surface area contributed by atoms with Gasteiger partial charge in [-0.25, -0.2) is 9.37 Å². The average Bonchev–Trinajstić information content (AvgIpc) is 3.31. The van der Waals surface area contributed by atoms with Gasteiger partial charge in [-0.2, -0.15) is 4.39 Å². The fraction of sp³-hybridized carbons (Fsp3) is 0.294. The van der Waals surface area contributed by atoms with Gasteiger partial charge in [0.2, 0.25) is 5.95 Å². The van der Waals surface area contributed by atoms with E-state index in [4.69, 9.17) is 4.84 Å². The second kappa shape index (κ2) is 6.75. The number of hydrazine groups is 1. The maximum absolute atomic E-state index is 13.1. The van der Waals surface area contributed by atoms with Gasteiger partial charge in [0.05, 0.1) is 23.5 Å². The molecule has 4 rings (SSSR count). The second-order valence-electron chi connectivity index (χ2n) is 6.24. The van der Waals surface area contributed by atoms with Gasteiger partial charge >= 0.3 is 0 Å². The summed E-state index contributed by atoms with van der Waals surface area (Å²) in [5.41, 5.74) is 3.67. The summed E-state index contributed by atoms with van der Waals surface area (Å²) in [4.78, 5) is 26.0. The van der Waals surface area contributed by atoms with Gasteiger partial charge in [0.1, 0.15) is 5.82 Å². The number of nitrogens with zero attached hydrogens (tertiary/aromatic N) is 3. The van der Waals surface area contributed by atoms with E-state index in [-0.39, 0.29) is 17.8 Å². The van der Waals surface area contributed by atoms with Crippen molar-refractivity contribution in [1.82, 2.24) is 25.5 Å². The minimum atomic E-state index is -0.616. The van der Waals surface area contributed by atoms with Crippen molar-refractivity contribution < 1.29 is 18.4 Å². The Morgan fingerprint density at radius 1 is 1.35 bits per heavy atom. The Balaban J connectivity index is 1.44. The second-order valence-corrected chi connectivity index (χ2v) is 6.24. The number of hydrogen-bond donors (Lipinski definition) is 2. The third-order valence-electron chi connectivity index (χ3n) is 4.48. The van der Waals surface area contributed by atoms with Gasteiger partial charge in [0, 0.05) is 31.5 Å². The van der Waals surface area contributed by atoms with E-state index in [2.05, 4.69) is 15.6 Å². The van der Waals surface area contributed by atoms with Crippen LogP contribution < -0.4 is 5.59 Å². The number of carbonyl (C=O) groups excluding carboxylic acids is 1. The fourth-order valence-corrected chi connectivity index (χ4v) is 3.15. The number of pyridine rings is 1. The minimum absolute atomic E-state index is 0.00147. The molecule has 7 nitrogen and oxygen atoms in total. The molecule has 0 unspecified atom stereocenters. The zero-order chi connectivity index (χ0) is 18.1. The summed E-state index contributed by atoms with van der Waals surface area (Å²) in [7, 11) is 0. The number of hydrogen-bond acceptors (Lipinski definition) is 5. The molecule has 2 N–H and O–H groups in total. The molecule has 26 heavy (non-hydrogen) atoms. The first-order valence-electron chi connectivity index (χ1n) is 8.28. The zero-order valence-electron chi connectivity index (χ0n) is 13.8. The summed E-state index contributed by atoms with van der Waals surface area (Å²) in [5, 5.41) is 1.77. The smallest absolute Gasteiger partial charge is 0.255 e. The highest BCUT2D eigenvalue weighted by atomic mass is 19.1. The molecular formula is C17H17F2N5O2. The van der Waals surface area contributed by atoms with E-state index in [0.29, 0.717) is 30.1 Å². The molecule has 1 atom stereocenters. The van der Waals surface area contributed by atoms with Crippen molar-refractivity contribution in [2.45, 2.75) is 18.9 Å². The van der Waals surface area contributed by atoms with Gasteiger partial charge in [-0.1, -0.05) is 5.59 Å². The van der Waals surface area contributed by atoms with E-state index in [0.717, 1.165) is 12.8 Å².